The number of methoxy groups -OCH3 is 2. The summed E-state index contributed by atoms with van der Waals surface area (Å²) in [6.45, 7) is 4.02. The second kappa shape index (κ2) is 13.3. The van der Waals surface area contributed by atoms with E-state index in [4.69, 9.17) is 9.47 Å². The van der Waals surface area contributed by atoms with Gasteiger partial charge in [0, 0.05) is 27.2 Å². The van der Waals surface area contributed by atoms with E-state index in [9.17, 15) is 0 Å². The van der Waals surface area contributed by atoms with Gasteiger partial charge in [0.05, 0.1) is 14.2 Å². The first-order chi connectivity index (χ1) is 13.6. The fraction of sp³-hybridized carbons (Fsp3) is 0.435. The molecule has 0 radical (unpaired) electrons. The lowest BCUT2D eigenvalue weighted by atomic mass is 9.98. The topological polar surface area (TPSA) is 46.1 Å². The van der Waals surface area contributed by atoms with E-state index in [0.717, 1.165) is 43.4 Å². The number of nitrogens with one attached hydrogen (secondary N) is 1. The molecule has 2 aromatic carbocycles. The number of benzene rings is 2. The molecule has 0 saturated heterocycles. The summed E-state index contributed by atoms with van der Waals surface area (Å²) in [4.78, 5) is 6.57. The van der Waals surface area contributed by atoms with Crippen LogP contribution < -0.4 is 14.8 Å². The Hall–Kier alpha value is -1.96. The SMILES string of the molecule is CN=C(NCCC(C)c1ccccc1)N(C)CCc1ccc(OC)c(OC)c1.I. The van der Waals surface area contributed by atoms with Crippen LogP contribution in [0.2, 0.25) is 0 Å². The molecule has 0 aliphatic carbocycles. The summed E-state index contributed by atoms with van der Waals surface area (Å²) in [6.07, 6.45) is 1.96. The number of ether oxygens (including phenoxy) is 2. The van der Waals surface area contributed by atoms with E-state index in [0.29, 0.717) is 5.92 Å². The lowest BCUT2D eigenvalue weighted by molar-refractivity contribution is 0.354. The van der Waals surface area contributed by atoms with Gasteiger partial charge in [0.15, 0.2) is 17.5 Å². The number of hydrogen-bond donors (Lipinski definition) is 1. The van der Waals surface area contributed by atoms with Crippen LogP contribution in [0.4, 0.5) is 0 Å². The summed E-state index contributed by atoms with van der Waals surface area (Å²) in [5, 5.41) is 3.48. The average Bonchev–Trinajstić information content (AvgIpc) is 2.75. The summed E-state index contributed by atoms with van der Waals surface area (Å²) in [5.41, 5.74) is 2.58. The molecule has 0 aliphatic rings. The number of halogens is 1. The Morgan fingerprint density at radius 2 is 1.76 bits per heavy atom. The third-order valence-electron chi connectivity index (χ3n) is 4.99. The fourth-order valence-electron chi connectivity index (χ4n) is 3.17. The Bertz CT molecular complexity index is 753. The van der Waals surface area contributed by atoms with E-state index in [-0.39, 0.29) is 24.0 Å². The summed E-state index contributed by atoms with van der Waals surface area (Å²) in [5.74, 6) is 2.95. The molecule has 160 valence electrons. The highest BCUT2D eigenvalue weighted by Crippen LogP contribution is 2.27. The summed E-state index contributed by atoms with van der Waals surface area (Å²) < 4.78 is 10.7. The van der Waals surface area contributed by atoms with Crippen LogP contribution in [0.5, 0.6) is 11.5 Å². The highest BCUT2D eigenvalue weighted by atomic mass is 127. The molecule has 6 heteroatoms. The second-order valence-corrected chi connectivity index (χ2v) is 6.94. The Kier molecular flexibility index (Phi) is 11.5. The summed E-state index contributed by atoms with van der Waals surface area (Å²) in [7, 11) is 7.21. The van der Waals surface area contributed by atoms with Gasteiger partial charge in [0.2, 0.25) is 0 Å². The Morgan fingerprint density at radius 1 is 1.07 bits per heavy atom. The number of guanidine groups is 1. The van der Waals surface area contributed by atoms with E-state index in [1.807, 2.05) is 19.2 Å². The zero-order chi connectivity index (χ0) is 20.4. The minimum absolute atomic E-state index is 0. The molecule has 0 saturated carbocycles. The molecule has 0 aromatic heterocycles. The van der Waals surface area contributed by atoms with E-state index in [1.54, 1.807) is 14.2 Å². The average molecular weight is 511 g/mol. The van der Waals surface area contributed by atoms with Crippen molar-refractivity contribution >= 4 is 29.9 Å². The van der Waals surface area contributed by atoms with Crippen LogP contribution in [0.15, 0.2) is 53.5 Å². The van der Waals surface area contributed by atoms with Gasteiger partial charge in [-0.25, -0.2) is 0 Å². The van der Waals surface area contributed by atoms with Crippen molar-refractivity contribution in [2.75, 3.05) is 41.4 Å². The Balaban J connectivity index is 0.00000420. The fourth-order valence-corrected chi connectivity index (χ4v) is 3.17. The van der Waals surface area contributed by atoms with Crippen LogP contribution in [-0.4, -0.2) is 52.3 Å². The van der Waals surface area contributed by atoms with Crippen molar-refractivity contribution in [1.29, 1.82) is 0 Å². The van der Waals surface area contributed by atoms with Crippen molar-refractivity contribution < 1.29 is 9.47 Å². The molecule has 1 N–H and O–H groups in total. The number of aliphatic imine (C=N–C) groups is 1. The minimum Gasteiger partial charge on any atom is -0.493 e. The number of likely N-dealkylation sites (N-methyl/N-ethyl adjacent to an activating group) is 1. The molecule has 0 aliphatic heterocycles. The van der Waals surface area contributed by atoms with Crippen molar-refractivity contribution in [1.82, 2.24) is 10.2 Å². The van der Waals surface area contributed by atoms with Crippen molar-refractivity contribution in [3.05, 3.63) is 59.7 Å². The maximum Gasteiger partial charge on any atom is 0.193 e. The smallest absolute Gasteiger partial charge is 0.193 e. The third kappa shape index (κ3) is 7.76. The molecular formula is C23H34IN3O2. The molecule has 1 unspecified atom stereocenters. The van der Waals surface area contributed by atoms with Gasteiger partial charge in [0.1, 0.15) is 0 Å². The molecule has 5 nitrogen and oxygen atoms in total. The first-order valence-corrected chi connectivity index (χ1v) is 9.76. The molecule has 2 rings (SSSR count). The van der Waals surface area contributed by atoms with E-state index in [1.165, 1.54) is 11.1 Å². The predicted molar refractivity (Wildman–Crippen MR) is 132 cm³/mol. The highest BCUT2D eigenvalue weighted by molar-refractivity contribution is 14.0. The monoisotopic (exact) mass is 511 g/mol. The van der Waals surface area contributed by atoms with Gasteiger partial charge in [-0.1, -0.05) is 43.3 Å². The maximum atomic E-state index is 5.39. The first-order valence-electron chi connectivity index (χ1n) is 9.76. The van der Waals surface area contributed by atoms with E-state index >= 15 is 0 Å². The van der Waals surface area contributed by atoms with Crippen molar-refractivity contribution in [2.24, 2.45) is 4.99 Å². The van der Waals surface area contributed by atoms with Crippen molar-refractivity contribution in [3.8, 4) is 11.5 Å². The first kappa shape index (κ1) is 25.1. The van der Waals surface area contributed by atoms with Gasteiger partial charge < -0.3 is 19.7 Å². The quantitative estimate of drug-likeness (QED) is 0.305. The molecule has 0 amide bonds. The van der Waals surface area contributed by atoms with Crippen molar-refractivity contribution in [2.45, 2.75) is 25.7 Å². The highest BCUT2D eigenvalue weighted by Gasteiger charge is 2.10. The summed E-state index contributed by atoms with van der Waals surface area (Å²) in [6, 6.07) is 16.7. The van der Waals surface area contributed by atoms with Gasteiger partial charge >= 0.3 is 0 Å². The standard InChI is InChI=1S/C23H33N3O2.HI/c1-18(20-9-7-6-8-10-20)13-15-25-23(24-2)26(3)16-14-19-11-12-21(27-4)22(17-19)28-5;/h6-12,17-18H,13-16H2,1-5H3,(H,24,25);1H. The van der Waals surface area contributed by atoms with E-state index < -0.39 is 0 Å². The van der Waals surface area contributed by atoms with Gasteiger partial charge in [-0.15, -0.1) is 24.0 Å². The molecule has 0 fully saturated rings. The molecule has 1 atom stereocenters. The molecule has 29 heavy (non-hydrogen) atoms. The largest absolute Gasteiger partial charge is 0.493 e. The van der Waals surface area contributed by atoms with E-state index in [2.05, 4.69) is 65.6 Å². The zero-order valence-electron chi connectivity index (χ0n) is 18.1. The molecule has 0 bridgehead atoms. The van der Waals surface area contributed by atoms with Gasteiger partial charge in [0.25, 0.3) is 0 Å². The number of rotatable bonds is 9. The number of hydrogen-bond acceptors (Lipinski definition) is 3. The molecule has 0 spiro atoms. The van der Waals surface area contributed by atoms with Crippen LogP contribution in [0.1, 0.15) is 30.4 Å². The Labute approximate surface area is 192 Å². The zero-order valence-corrected chi connectivity index (χ0v) is 20.5. The second-order valence-electron chi connectivity index (χ2n) is 6.94. The van der Waals surface area contributed by atoms with Crippen LogP contribution >= 0.6 is 24.0 Å². The van der Waals surface area contributed by atoms with Crippen LogP contribution in [-0.2, 0) is 6.42 Å². The lowest BCUT2D eigenvalue weighted by Gasteiger charge is -2.23. The van der Waals surface area contributed by atoms with Crippen LogP contribution in [0, 0.1) is 0 Å². The van der Waals surface area contributed by atoms with Crippen molar-refractivity contribution in [3.63, 3.8) is 0 Å². The predicted octanol–water partition coefficient (Wildman–Crippen LogP) is 4.57. The minimum atomic E-state index is 0. The molecule has 2 aromatic rings. The summed E-state index contributed by atoms with van der Waals surface area (Å²) >= 11 is 0. The van der Waals surface area contributed by atoms with Gasteiger partial charge in [-0.2, -0.15) is 0 Å². The number of nitrogens with zero attached hydrogens (tertiary/aromatic N) is 2. The van der Waals surface area contributed by atoms with Gasteiger partial charge in [-0.3, -0.25) is 4.99 Å². The Morgan fingerprint density at radius 3 is 2.38 bits per heavy atom. The van der Waals surface area contributed by atoms with Gasteiger partial charge in [-0.05, 0) is 42.0 Å². The third-order valence-corrected chi connectivity index (χ3v) is 4.99. The molecule has 0 heterocycles. The maximum absolute atomic E-state index is 5.39. The lowest BCUT2D eigenvalue weighted by Crippen LogP contribution is -2.40. The normalized spacial score (nSPS) is 12.0. The molecular weight excluding hydrogens is 477 g/mol. The van der Waals surface area contributed by atoms with Crippen LogP contribution in [0.25, 0.3) is 0 Å². The van der Waals surface area contributed by atoms with Crippen LogP contribution in [0.3, 0.4) is 0 Å².